The molecule has 1 rings (SSSR count). The van der Waals surface area contributed by atoms with Crippen LogP contribution >= 0.6 is 12.2 Å². The van der Waals surface area contributed by atoms with Crippen LogP contribution in [0.3, 0.4) is 0 Å². The fourth-order valence-electron chi connectivity index (χ4n) is 1.93. The van der Waals surface area contributed by atoms with Crippen molar-refractivity contribution >= 4 is 23.0 Å². The lowest BCUT2D eigenvalue weighted by Gasteiger charge is -2.21. The highest BCUT2D eigenvalue weighted by Gasteiger charge is 2.06. The highest BCUT2D eigenvalue weighted by Crippen LogP contribution is 2.18. The van der Waals surface area contributed by atoms with E-state index in [2.05, 4.69) is 43.4 Å². The molecule has 0 atom stereocenters. The average Bonchev–Trinajstić information content (AvgIpc) is 2.44. The Balaban J connectivity index is 2.64. The van der Waals surface area contributed by atoms with Gasteiger partial charge in [0.25, 0.3) is 0 Å². The number of unbranched alkanes of at least 4 members (excludes halogenated alkanes) is 1. The molecule has 0 radical (unpaired) electrons. The van der Waals surface area contributed by atoms with E-state index in [9.17, 15) is 0 Å². The molecule has 0 spiro atoms. The van der Waals surface area contributed by atoms with Gasteiger partial charge in [-0.1, -0.05) is 25.5 Å². The van der Waals surface area contributed by atoms with Crippen molar-refractivity contribution in [2.45, 2.75) is 39.5 Å². The molecule has 4 heteroatoms. The van der Waals surface area contributed by atoms with Crippen molar-refractivity contribution in [2.75, 3.05) is 18.9 Å². The van der Waals surface area contributed by atoms with E-state index in [1.165, 1.54) is 24.0 Å². The molecule has 0 fully saturated rings. The lowest BCUT2D eigenvalue weighted by Crippen LogP contribution is -2.31. The summed E-state index contributed by atoms with van der Waals surface area (Å²) in [6.07, 6.45) is 4.05. The summed E-state index contributed by atoms with van der Waals surface area (Å²) in [5.74, 6) is 0. The van der Waals surface area contributed by atoms with Crippen molar-refractivity contribution in [1.29, 1.82) is 5.26 Å². The van der Waals surface area contributed by atoms with E-state index < -0.39 is 0 Å². The summed E-state index contributed by atoms with van der Waals surface area (Å²) in [7, 11) is 1.90. The molecule has 1 aromatic carbocycles. The fraction of sp³-hybridized carbons (Fsp3) is 0.500. The van der Waals surface area contributed by atoms with Gasteiger partial charge in [0, 0.05) is 19.3 Å². The quantitative estimate of drug-likeness (QED) is 0.807. The summed E-state index contributed by atoms with van der Waals surface area (Å²) in [4.78, 5) is 1.89. The van der Waals surface area contributed by atoms with Crippen LogP contribution in [-0.4, -0.2) is 23.6 Å². The highest BCUT2D eigenvalue weighted by atomic mass is 32.1. The van der Waals surface area contributed by atoms with Gasteiger partial charge in [-0.3, -0.25) is 0 Å². The van der Waals surface area contributed by atoms with Crippen molar-refractivity contribution in [1.82, 2.24) is 4.90 Å². The molecule has 0 aromatic heterocycles. The van der Waals surface area contributed by atoms with Gasteiger partial charge >= 0.3 is 0 Å². The lowest BCUT2D eigenvalue weighted by molar-refractivity contribution is 0.523. The topological polar surface area (TPSA) is 39.1 Å². The Morgan fingerprint density at radius 1 is 1.45 bits per heavy atom. The van der Waals surface area contributed by atoms with Crippen LogP contribution in [0.25, 0.3) is 0 Å². The van der Waals surface area contributed by atoms with Gasteiger partial charge in [0.1, 0.15) is 0 Å². The summed E-state index contributed by atoms with van der Waals surface area (Å²) >= 11 is 5.34. The summed E-state index contributed by atoms with van der Waals surface area (Å²) in [5.41, 5.74) is 3.62. The Bertz CT molecular complexity index is 491. The molecule has 0 saturated carbocycles. The highest BCUT2D eigenvalue weighted by molar-refractivity contribution is 7.80. The van der Waals surface area contributed by atoms with Crippen molar-refractivity contribution in [3.8, 4) is 6.07 Å². The number of rotatable bonds is 6. The fourth-order valence-corrected chi connectivity index (χ4v) is 2.13. The van der Waals surface area contributed by atoms with E-state index in [1.54, 1.807) is 0 Å². The molecule has 0 unspecified atom stereocenters. The molecular weight excluding hydrogens is 266 g/mol. The maximum atomic E-state index is 8.59. The third-order valence-corrected chi connectivity index (χ3v) is 3.67. The molecule has 0 heterocycles. The zero-order valence-electron chi connectivity index (χ0n) is 12.6. The minimum absolute atomic E-state index is 0.479. The first-order chi connectivity index (χ1) is 9.58. The van der Waals surface area contributed by atoms with E-state index in [4.69, 9.17) is 17.5 Å². The minimum atomic E-state index is 0.479. The van der Waals surface area contributed by atoms with Gasteiger partial charge in [0.15, 0.2) is 5.11 Å². The van der Waals surface area contributed by atoms with Crippen LogP contribution in [0.2, 0.25) is 0 Å². The Kier molecular flexibility index (Phi) is 7.03. The second-order valence-electron chi connectivity index (χ2n) is 5.01. The van der Waals surface area contributed by atoms with Gasteiger partial charge in [0.05, 0.1) is 12.5 Å². The van der Waals surface area contributed by atoms with Gasteiger partial charge in [-0.2, -0.15) is 5.26 Å². The Hall–Kier alpha value is -1.60. The van der Waals surface area contributed by atoms with Crippen molar-refractivity contribution in [2.24, 2.45) is 0 Å². The molecule has 0 saturated heterocycles. The predicted octanol–water partition coefficient (Wildman–Crippen LogP) is 3.88. The zero-order chi connectivity index (χ0) is 15.0. The molecular formula is C16H23N3S. The molecule has 0 amide bonds. The zero-order valence-corrected chi connectivity index (χ0v) is 13.4. The number of hydrogen-bond acceptors (Lipinski definition) is 2. The summed E-state index contributed by atoms with van der Waals surface area (Å²) in [6.45, 7) is 4.95. The molecule has 1 aromatic rings. The van der Waals surface area contributed by atoms with Crippen molar-refractivity contribution in [3.05, 3.63) is 29.3 Å². The van der Waals surface area contributed by atoms with Gasteiger partial charge in [-0.25, -0.2) is 0 Å². The van der Waals surface area contributed by atoms with E-state index in [1.807, 2.05) is 11.9 Å². The van der Waals surface area contributed by atoms with Gasteiger partial charge in [-0.05, 0) is 49.2 Å². The molecule has 3 nitrogen and oxygen atoms in total. The second-order valence-corrected chi connectivity index (χ2v) is 5.40. The third-order valence-electron chi connectivity index (χ3n) is 3.26. The summed E-state index contributed by atoms with van der Waals surface area (Å²) < 4.78 is 0. The predicted molar refractivity (Wildman–Crippen MR) is 88.9 cm³/mol. The average molecular weight is 289 g/mol. The van der Waals surface area contributed by atoms with Gasteiger partial charge < -0.3 is 10.2 Å². The van der Waals surface area contributed by atoms with Crippen LogP contribution in [0.5, 0.6) is 0 Å². The van der Waals surface area contributed by atoms with Crippen LogP contribution in [0.15, 0.2) is 18.2 Å². The maximum Gasteiger partial charge on any atom is 0.173 e. The van der Waals surface area contributed by atoms with Crippen molar-refractivity contribution < 1.29 is 0 Å². The molecule has 108 valence electrons. The van der Waals surface area contributed by atoms with E-state index in [-0.39, 0.29) is 0 Å². The number of nitrogens with zero attached hydrogens (tertiary/aromatic N) is 2. The van der Waals surface area contributed by atoms with Crippen LogP contribution in [-0.2, 0) is 6.42 Å². The normalized spacial score (nSPS) is 9.90. The van der Waals surface area contributed by atoms with Gasteiger partial charge in [0.2, 0.25) is 0 Å². The minimum Gasteiger partial charge on any atom is -0.351 e. The van der Waals surface area contributed by atoms with E-state index in [0.29, 0.717) is 18.1 Å². The first-order valence-corrected chi connectivity index (χ1v) is 7.48. The third kappa shape index (κ3) is 5.18. The lowest BCUT2D eigenvalue weighted by atomic mass is 10.0. The summed E-state index contributed by atoms with van der Waals surface area (Å²) in [6, 6.07) is 8.59. The Morgan fingerprint density at radius 2 is 2.20 bits per heavy atom. The number of thiocarbonyl (C=S) groups is 1. The van der Waals surface area contributed by atoms with Gasteiger partial charge in [-0.15, -0.1) is 0 Å². The smallest absolute Gasteiger partial charge is 0.173 e. The molecule has 1 N–H and O–H groups in total. The molecule has 0 aliphatic heterocycles. The molecule has 0 aliphatic rings. The second kappa shape index (κ2) is 8.55. The number of nitrogens with one attached hydrogen (secondary N) is 1. The Morgan fingerprint density at radius 3 is 2.80 bits per heavy atom. The number of hydrogen-bond donors (Lipinski definition) is 1. The van der Waals surface area contributed by atoms with Crippen molar-refractivity contribution in [3.63, 3.8) is 0 Å². The summed E-state index contributed by atoms with van der Waals surface area (Å²) in [5, 5.41) is 12.5. The number of benzene rings is 1. The van der Waals surface area contributed by atoms with E-state index >= 15 is 0 Å². The standard InChI is InChI=1S/C16H23N3S/c1-4-5-7-14-8-9-15(13(2)12-14)18-16(20)19(3)11-6-10-17/h8-9,12H,4-7,11H2,1-3H3,(H,18,20). The number of anilines is 1. The van der Waals surface area contributed by atoms with Crippen LogP contribution in [0.4, 0.5) is 5.69 Å². The molecule has 0 bridgehead atoms. The van der Waals surface area contributed by atoms with E-state index in [0.717, 1.165) is 12.1 Å². The maximum absolute atomic E-state index is 8.59. The largest absolute Gasteiger partial charge is 0.351 e. The monoisotopic (exact) mass is 289 g/mol. The first kappa shape index (κ1) is 16.5. The molecule has 20 heavy (non-hydrogen) atoms. The first-order valence-electron chi connectivity index (χ1n) is 7.07. The number of nitriles is 1. The van der Waals surface area contributed by atoms with Crippen LogP contribution in [0.1, 0.15) is 37.3 Å². The Labute approximate surface area is 127 Å². The number of aryl methyl sites for hydroxylation is 2. The molecule has 0 aliphatic carbocycles. The SMILES string of the molecule is CCCCc1ccc(NC(=S)N(C)CCC#N)c(C)c1. The van der Waals surface area contributed by atoms with Crippen LogP contribution < -0.4 is 5.32 Å². The van der Waals surface area contributed by atoms with Crippen LogP contribution in [0, 0.1) is 18.3 Å².